The Kier molecular flexibility index (Phi) is 4.49. The highest BCUT2D eigenvalue weighted by Gasteiger charge is 2.21. The van der Waals surface area contributed by atoms with E-state index < -0.39 is 0 Å². The van der Waals surface area contributed by atoms with Crippen LogP contribution in [0.2, 0.25) is 0 Å². The van der Waals surface area contributed by atoms with Gasteiger partial charge in [-0.2, -0.15) is 4.37 Å². The van der Waals surface area contributed by atoms with Gasteiger partial charge in [0.25, 0.3) is 0 Å². The molecule has 0 radical (unpaired) electrons. The molecule has 0 bridgehead atoms. The minimum absolute atomic E-state index is 0.0352. The van der Waals surface area contributed by atoms with Crippen LogP contribution in [0.25, 0.3) is 0 Å². The maximum Gasteiger partial charge on any atom is 0.343 e. The first-order valence-electron chi connectivity index (χ1n) is 5.92. The molecule has 2 rings (SSSR count). The summed E-state index contributed by atoms with van der Waals surface area (Å²) in [5, 5.41) is 6.91. The van der Waals surface area contributed by atoms with Crippen molar-refractivity contribution in [3.05, 3.63) is 27.8 Å². The van der Waals surface area contributed by atoms with Gasteiger partial charge in [-0.1, -0.05) is 0 Å². The SMILES string of the molecule is CCOC(=O)c1c(C)nsc1NC(C)c1nccs1. The molecule has 5 nitrogen and oxygen atoms in total. The van der Waals surface area contributed by atoms with Gasteiger partial charge < -0.3 is 10.1 Å². The standard InChI is InChI=1S/C12H15N3O2S2/c1-4-17-12(16)9-7(2)15-19-11(9)14-8(3)10-13-5-6-18-10/h5-6,8,14H,4H2,1-3H3. The van der Waals surface area contributed by atoms with Crippen molar-refractivity contribution < 1.29 is 9.53 Å². The summed E-state index contributed by atoms with van der Waals surface area (Å²) in [5.74, 6) is -0.331. The molecular formula is C12H15N3O2S2. The van der Waals surface area contributed by atoms with E-state index in [1.165, 1.54) is 11.5 Å². The molecule has 0 aliphatic heterocycles. The number of carbonyl (C=O) groups excluding carboxylic acids is 1. The number of esters is 1. The van der Waals surface area contributed by atoms with Crippen molar-refractivity contribution in [1.82, 2.24) is 9.36 Å². The van der Waals surface area contributed by atoms with Gasteiger partial charge in [0.05, 0.1) is 18.3 Å². The molecule has 0 aliphatic carbocycles. The van der Waals surface area contributed by atoms with Crippen LogP contribution in [0.4, 0.5) is 5.00 Å². The Morgan fingerprint density at radius 2 is 2.37 bits per heavy atom. The van der Waals surface area contributed by atoms with E-state index in [9.17, 15) is 4.79 Å². The summed E-state index contributed by atoms with van der Waals surface area (Å²) in [6.07, 6.45) is 1.77. The van der Waals surface area contributed by atoms with Gasteiger partial charge in [-0.05, 0) is 32.3 Å². The number of carbonyl (C=O) groups is 1. The van der Waals surface area contributed by atoms with Crippen LogP contribution >= 0.6 is 22.9 Å². The third kappa shape index (κ3) is 3.10. The van der Waals surface area contributed by atoms with E-state index in [2.05, 4.69) is 14.7 Å². The second-order valence-corrected chi connectivity index (χ2v) is 5.63. The Morgan fingerprint density at radius 3 is 3.00 bits per heavy atom. The highest BCUT2D eigenvalue weighted by atomic mass is 32.1. The average Bonchev–Trinajstić information content (AvgIpc) is 2.99. The Hall–Kier alpha value is -1.47. The Bertz CT molecular complexity index is 551. The number of aromatic nitrogens is 2. The molecule has 0 aliphatic rings. The van der Waals surface area contributed by atoms with E-state index in [0.29, 0.717) is 17.9 Å². The summed E-state index contributed by atoms with van der Waals surface area (Å²) >= 11 is 2.85. The minimum Gasteiger partial charge on any atom is -0.462 e. The van der Waals surface area contributed by atoms with Gasteiger partial charge in [0.1, 0.15) is 15.6 Å². The second-order valence-electron chi connectivity index (χ2n) is 3.93. The molecule has 0 aromatic carbocycles. The van der Waals surface area contributed by atoms with Crippen molar-refractivity contribution in [2.75, 3.05) is 11.9 Å². The lowest BCUT2D eigenvalue weighted by atomic mass is 10.2. The number of hydrogen-bond acceptors (Lipinski definition) is 7. The van der Waals surface area contributed by atoms with E-state index in [4.69, 9.17) is 4.74 Å². The van der Waals surface area contributed by atoms with Crippen LogP contribution in [0.15, 0.2) is 11.6 Å². The number of nitrogens with zero attached hydrogens (tertiary/aromatic N) is 2. The molecule has 1 atom stereocenters. The lowest BCUT2D eigenvalue weighted by Crippen LogP contribution is -2.11. The largest absolute Gasteiger partial charge is 0.462 e. The maximum absolute atomic E-state index is 11.9. The highest BCUT2D eigenvalue weighted by molar-refractivity contribution is 7.11. The molecule has 1 N–H and O–H groups in total. The van der Waals surface area contributed by atoms with Crippen LogP contribution in [0, 0.1) is 6.92 Å². The van der Waals surface area contributed by atoms with Crippen molar-refractivity contribution in [2.24, 2.45) is 0 Å². The molecule has 0 saturated heterocycles. The van der Waals surface area contributed by atoms with Crippen LogP contribution in [0.5, 0.6) is 0 Å². The normalized spacial score (nSPS) is 12.2. The number of thiazole rings is 1. The maximum atomic E-state index is 11.9. The Balaban J connectivity index is 2.19. The van der Waals surface area contributed by atoms with Crippen LogP contribution < -0.4 is 5.32 Å². The van der Waals surface area contributed by atoms with Crippen LogP contribution in [-0.4, -0.2) is 21.9 Å². The molecule has 0 fully saturated rings. The van der Waals surface area contributed by atoms with Gasteiger partial charge in [0.2, 0.25) is 0 Å². The zero-order valence-corrected chi connectivity index (χ0v) is 12.6. The van der Waals surface area contributed by atoms with Crippen LogP contribution in [0.1, 0.15) is 40.9 Å². The Morgan fingerprint density at radius 1 is 1.58 bits per heavy atom. The van der Waals surface area contributed by atoms with E-state index in [1.54, 1.807) is 24.5 Å². The quantitative estimate of drug-likeness (QED) is 0.858. The van der Waals surface area contributed by atoms with E-state index >= 15 is 0 Å². The van der Waals surface area contributed by atoms with Gasteiger partial charge in [-0.15, -0.1) is 11.3 Å². The van der Waals surface area contributed by atoms with Crippen LogP contribution in [-0.2, 0) is 4.74 Å². The van der Waals surface area contributed by atoms with E-state index in [0.717, 1.165) is 10.0 Å². The molecule has 2 aromatic rings. The molecule has 2 heterocycles. The predicted molar refractivity (Wildman–Crippen MR) is 77.0 cm³/mol. The van der Waals surface area contributed by atoms with Crippen molar-refractivity contribution in [1.29, 1.82) is 0 Å². The smallest absolute Gasteiger partial charge is 0.343 e. The molecule has 7 heteroatoms. The molecule has 102 valence electrons. The summed E-state index contributed by atoms with van der Waals surface area (Å²) in [6.45, 7) is 5.96. The van der Waals surface area contributed by atoms with Gasteiger partial charge >= 0.3 is 5.97 Å². The summed E-state index contributed by atoms with van der Waals surface area (Å²) < 4.78 is 9.27. The number of ether oxygens (including phenoxy) is 1. The first-order valence-corrected chi connectivity index (χ1v) is 7.58. The van der Waals surface area contributed by atoms with Crippen molar-refractivity contribution in [2.45, 2.75) is 26.8 Å². The first-order chi connectivity index (χ1) is 9.13. The molecule has 1 unspecified atom stereocenters. The molecule has 19 heavy (non-hydrogen) atoms. The van der Waals surface area contributed by atoms with E-state index in [-0.39, 0.29) is 12.0 Å². The molecule has 0 amide bonds. The predicted octanol–water partition coefficient (Wildman–Crippen LogP) is 3.26. The first kappa shape index (κ1) is 14.0. The van der Waals surface area contributed by atoms with Crippen molar-refractivity contribution >= 4 is 33.8 Å². The topological polar surface area (TPSA) is 64.1 Å². The van der Waals surface area contributed by atoms with Crippen molar-refractivity contribution in [3.63, 3.8) is 0 Å². The number of aryl methyl sites for hydroxylation is 1. The van der Waals surface area contributed by atoms with Gasteiger partial charge in [0, 0.05) is 11.6 Å². The summed E-state index contributed by atoms with van der Waals surface area (Å²) in [5.41, 5.74) is 1.22. The monoisotopic (exact) mass is 297 g/mol. The minimum atomic E-state index is -0.331. The fraction of sp³-hybridized carbons (Fsp3) is 0.417. The number of rotatable bonds is 5. The Labute approximate surface area is 119 Å². The second kappa shape index (κ2) is 6.12. The third-order valence-corrected chi connectivity index (χ3v) is 4.34. The average molecular weight is 297 g/mol. The fourth-order valence-corrected chi connectivity index (χ4v) is 3.14. The lowest BCUT2D eigenvalue weighted by Gasteiger charge is -2.12. The zero-order valence-electron chi connectivity index (χ0n) is 11.0. The molecule has 2 aromatic heterocycles. The number of nitrogens with one attached hydrogen (secondary N) is 1. The molecule has 0 saturated carbocycles. The third-order valence-electron chi connectivity index (χ3n) is 2.51. The number of hydrogen-bond donors (Lipinski definition) is 1. The fourth-order valence-electron chi connectivity index (χ4n) is 1.62. The number of anilines is 1. The van der Waals surface area contributed by atoms with Gasteiger partial charge in [0.15, 0.2) is 0 Å². The van der Waals surface area contributed by atoms with E-state index in [1.807, 2.05) is 19.2 Å². The zero-order chi connectivity index (χ0) is 13.8. The summed E-state index contributed by atoms with van der Waals surface area (Å²) in [6, 6.07) is 0.0352. The molecular weight excluding hydrogens is 282 g/mol. The van der Waals surface area contributed by atoms with Crippen LogP contribution in [0.3, 0.4) is 0 Å². The highest BCUT2D eigenvalue weighted by Crippen LogP contribution is 2.29. The lowest BCUT2D eigenvalue weighted by molar-refractivity contribution is 0.0527. The molecule has 0 spiro atoms. The van der Waals surface area contributed by atoms with Gasteiger partial charge in [-0.3, -0.25) is 0 Å². The summed E-state index contributed by atoms with van der Waals surface area (Å²) in [7, 11) is 0. The van der Waals surface area contributed by atoms with Crippen molar-refractivity contribution in [3.8, 4) is 0 Å². The van der Waals surface area contributed by atoms with Gasteiger partial charge in [-0.25, -0.2) is 9.78 Å². The summed E-state index contributed by atoms with van der Waals surface area (Å²) in [4.78, 5) is 16.2.